The Morgan fingerprint density at radius 1 is 1.04 bits per heavy atom. The average Bonchev–Trinajstić information content (AvgIpc) is 3.27. The molecule has 0 bridgehead atoms. The van der Waals surface area contributed by atoms with E-state index in [0.29, 0.717) is 9.93 Å². The monoisotopic (exact) mass is 382 g/mol. The molecule has 2 aromatic carbocycles. The predicted octanol–water partition coefficient (Wildman–Crippen LogP) is 5.89. The van der Waals surface area contributed by atoms with Crippen molar-refractivity contribution in [1.82, 2.24) is 4.90 Å². The zero-order chi connectivity index (χ0) is 17.9. The maximum Gasteiger partial charge on any atom is 0.267 e. The summed E-state index contributed by atoms with van der Waals surface area (Å²) in [4.78, 5) is 20.5. The van der Waals surface area contributed by atoms with Gasteiger partial charge < -0.3 is 0 Å². The summed E-state index contributed by atoms with van der Waals surface area (Å²) in [7, 11) is 0. The second-order valence-corrected chi connectivity index (χ2v) is 7.95. The largest absolute Gasteiger partial charge is 0.283 e. The number of amides is 1. The number of amidine groups is 1. The lowest BCUT2D eigenvalue weighted by atomic mass is 10.2. The van der Waals surface area contributed by atoms with E-state index < -0.39 is 0 Å². The van der Waals surface area contributed by atoms with Crippen LogP contribution >= 0.6 is 23.4 Å². The molecule has 2 aromatic rings. The van der Waals surface area contributed by atoms with Crippen LogP contribution in [0.5, 0.6) is 0 Å². The predicted molar refractivity (Wildman–Crippen MR) is 110 cm³/mol. The van der Waals surface area contributed by atoms with Crippen LogP contribution in [0.1, 0.15) is 31.2 Å². The van der Waals surface area contributed by atoms with E-state index in [2.05, 4.69) is 0 Å². The first-order chi connectivity index (χ1) is 12.7. The lowest BCUT2D eigenvalue weighted by Crippen LogP contribution is -2.37. The van der Waals surface area contributed by atoms with E-state index in [4.69, 9.17) is 16.6 Å². The summed E-state index contributed by atoms with van der Waals surface area (Å²) in [5.41, 5.74) is 1.84. The highest BCUT2D eigenvalue weighted by Crippen LogP contribution is 2.38. The molecule has 0 atom stereocenters. The molecule has 132 valence electrons. The van der Waals surface area contributed by atoms with E-state index in [0.717, 1.165) is 29.3 Å². The number of carbonyl (C=O) groups excluding carboxylic acids is 1. The first kappa shape index (κ1) is 17.4. The number of benzene rings is 2. The molecular weight excluding hydrogens is 364 g/mol. The Balaban J connectivity index is 1.69. The maximum absolute atomic E-state index is 13.1. The van der Waals surface area contributed by atoms with Gasteiger partial charge >= 0.3 is 0 Å². The summed E-state index contributed by atoms with van der Waals surface area (Å²) >= 11 is 7.42. The first-order valence-electron chi connectivity index (χ1n) is 8.83. The van der Waals surface area contributed by atoms with Crippen LogP contribution in [0.15, 0.2) is 64.5 Å². The van der Waals surface area contributed by atoms with Crippen molar-refractivity contribution in [3.63, 3.8) is 0 Å². The standard InChI is InChI=1S/C21H19ClN2OS/c22-16-12-10-15(11-13-16)14-19-20(25)24(18-8-4-5-9-18)21(26-19)23-17-6-2-1-3-7-17/h1-3,6-7,10-14,18H,4-5,8-9H2/b19-14-,23-21?. The summed E-state index contributed by atoms with van der Waals surface area (Å²) in [6.45, 7) is 0. The summed E-state index contributed by atoms with van der Waals surface area (Å²) in [5, 5.41) is 1.48. The fourth-order valence-corrected chi connectivity index (χ4v) is 4.56. The summed E-state index contributed by atoms with van der Waals surface area (Å²) < 4.78 is 0. The lowest BCUT2D eigenvalue weighted by molar-refractivity contribution is -0.123. The van der Waals surface area contributed by atoms with Crippen molar-refractivity contribution < 1.29 is 4.79 Å². The molecule has 3 nitrogen and oxygen atoms in total. The number of carbonyl (C=O) groups is 1. The molecule has 26 heavy (non-hydrogen) atoms. The molecule has 0 N–H and O–H groups in total. The summed E-state index contributed by atoms with van der Waals surface area (Å²) in [6, 6.07) is 17.6. The Morgan fingerprint density at radius 2 is 1.73 bits per heavy atom. The number of para-hydroxylation sites is 1. The zero-order valence-corrected chi connectivity index (χ0v) is 15.8. The van der Waals surface area contributed by atoms with Gasteiger partial charge in [-0.3, -0.25) is 9.69 Å². The molecule has 0 spiro atoms. The van der Waals surface area contributed by atoms with Crippen LogP contribution in [0.25, 0.3) is 6.08 Å². The smallest absolute Gasteiger partial charge is 0.267 e. The van der Waals surface area contributed by atoms with Gasteiger partial charge in [0, 0.05) is 11.1 Å². The van der Waals surface area contributed by atoms with E-state index >= 15 is 0 Å². The molecule has 2 aliphatic rings. The minimum absolute atomic E-state index is 0.0616. The van der Waals surface area contributed by atoms with Gasteiger partial charge in [0.25, 0.3) is 5.91 Å². The molecule has 1 saturated carbocycles. The molecule has 0 unspecified atom stereocenters. The van der Waals surface area contributed by atoms with Gasteiger partial charge in [-0.25, -0.2) is 4.99 Å². The van der Waals surface area contributed by atoms with Gasteiger partial charge in [-0.15, -0.1) is 0 Å². The minimum atomic E-state index is 0.0616. The molecular formula is C21H19ClN2OS. The van der Waals surface area contributed by atoms with Crippen molar-refractivity contribution in [2.45, 2.75) is 31.7 Å². The second-order valence-electron chi connectivity index (χ2n) is 6.51. The van der Waals surface area contributed by atoms with Crippen LogP contribution in [0, 0.1) is 0 Å². The number of aliphatic imine (C=N–C) groups is 1. The maximum atomic E-state index is 13.1. The average molecular weight is 383 g/mol. The number of hydrogen-bond acceptors (Lipinski definition) is 3. The van der Waals surface area contributed by atoms with Crippen LogP contribution in [0.2, 0.25) is 5.02 Å². The van der Waals surface area contributed by atoms with Crippen molar-refractivity contribution in [1.29, 1.82) is 0 Å². The van der Waals surface area contributed by atoms with Gasteiger partial charge in [-0.05, 0) is 60.5 Å². The summed E-state index contributed by atoms with van der Waals surface area (Å²) in [6.07, 6.45) is 6.38. The van der Waals surface area contributed by atoms with Crippen LogP contribution < -0.4 is 0 Å². The van der Waals surface area contributed by atoms with Gasteiger partial charge in [0.2, 0.25) is 0 Å². The number of halogens is 1. The van der Waals surface area contributed by atoms with Gasteiger partial charge in [0.05, 0.1) is 10.6 Å². The van der Waals surface area contributed by atoms with Gasteiger partial charge in [0.15, 0.2) is 5.17 Å². The normalized spacial score (nSPS) is 21.3. The van der Waals surface area contributed by atoms with Crippen molar-refractivity contribution >= 4 is 46.2 Å². The van der Waals surface area contributed by atoms with E-state index in [1.54, 1.807) is 0 Å². The molecule has 0 radical (unpaired) electrons. The van der Waals surface area contributed by atoms with E-state index in [-0.39, 0.29) is 11.9 Å². The Morgan fingerprint density at radius 3 is 2.42 bits per heavy atom. The van der Waals surface area contributed by atoms with Crippen LogP contribution in [0.3, 0.4) is 0 Å². The number of hydrogen-bond donors (Lipinski definition) is 0. The van der Waals surface area contributed by atoms with Gasteiger partial charge in [0.1, 0.15) is 0 Å². The van der Waals surface area contributed by atoms with Crippen LogP contribution in [-0.4, -0.2) is 22.0 Å². The molecule has 1 saturated heterocycles. The zero-order valence-electron chi connectivity index (χ0n) is 14.3. The molecule has 1 amide bonds. The fourth-order valence-electron chi connectivity index (χ4n) is 3.37. The van der Waals surface area contributed by atoms with Crippen molar-refractivity contribution in [2.24, 2.45) is 4.99 Å². The molecule has 0 aromatic heterocycles. The number of thioether (sulfide) groups is 1. The van der Waals surface area contributed by atoms with Gasteiger partial charge in [-0.1, -0.05) is 54.8 Å². The number of rotatable bonds is 3. The van der Waals surface area contributed by atoms with Crippen molar-refractivity contribution in [3.05, 3.63) is 70.1 Å². The SMILES string of the molecule is O=C1/C(=C/c2ccc(Cl)cc2)SC(=Nc2ccccc2)N1C1CCCC1. The fraction of sp³-hybridized carbons (Fsp3) is 0.238. The first-order valence-corrected chi connectivity index (χ1v) is 10.0. The molecule has 5 heteroatoms. The molecule has 1 aliphatic carbocycles. The Labute approximate surface area is 162 Å². The third-order valence-corrected chi connectivity index (χ3v) is 5.91. The second kappa shape index (κ2) is 7.68. The Kier molecular flexibility index (Phi) is 5.14. The third-order valence-electron chi connectivity index (χ3n) is 4.68. The molecule has 4 rings (SSSR count). The van der Waals surface area contributed by atoms with Crippen LogP contribution in [0.4, 0.5) is 5.69 Å². The quantitative estimate of drug-likeness (QED) is 0.620. The van der Waals surface area contributed by atoms with E-state index in [1.807, 2.05) is 65.6 Å². The van der Waals surface area contributed by atoms with Crippen molar-refractivity contribution in [2.75, 3.05) is 0 Å². The van der Waals surface area contributed by atoms with E-state index in [1.165, 1.54) is 24.6 Å². The number of nitrogens with zero attached hydrogens (tertiary/aromatic N) is 2. The molecule has 1 heterocycles. The molecule has 1 aliphatic heterocycles. The third kappa shape index (κ3) is 3.71. The molecule has 2 fully saturated rings. The summed E-state index contributed by atoms with van der Waals surface area (Å²) in [5.74, 6) is 0.0616. The Bertz CT molecular complexity index is 855. The minimum Gasteiger partial charge on any atom is -0.283 e. The Hall–Kier alpha value is -2.04. The highest BCUT2D eigenvalue weighted by molar-refractivity contribution is 8.18. The van der Waals surface area contributed by atoms with Gasteiger partial charge in [-0.2, -0.15) is 0 Å². The van der Waals surface area contributed by atoms with Crippen molar-refractivity contribution in [3.8, 4) is 0 Å². The van der Waals surface area contributed by atoms with Crippen LogP contribution in [-0.2, 0) is 4.79 Å². The highest BCUT2D eigenvalue weighted by atomic mass is 35.5. The lowest BCUT2D eigenvalue weighted by Gasteiger charge is -2.22. The highest BCUT2D eigenvalue weighted by Gasteiger charge is 2.39. The topological polar surface area (TPSA) is 32.7 Å². The van der Waals surface area contributed by atoms with E-state index in [9.17, 15) is 4.79 Å².